The van der Waals surface area contributed by atoms with E-state index < -0.39 is 36.1 Å². The lowest BCUT2D eigenvalue weighted by Crippen LogP contribution is -2.41. The summed E-state index contributed by atoms with van der Waals surface area (Å²) in [6, 6.07) is 15.4. The second-order valence-corrected chi connectivity index (χ2v) is 14.6. The molecule has 3 aliphatic heterocycles. The Kier molecular flexibility index (Phi) is 9.53. The van der Waals surface area contributed by atoms with Gasteiger partial charge >= 0.3 is 14.2 Å². The van der Waals surface area contributed by atoms with E-state index in [-0.39, 0.29) is 31.3 Å². The number of nitrogens with zero attached hydrogens (tertiary/aromatic N) is 1. The second kappa shape index (κ2) is 12.1. The maximum absolute atomic E-state index is 13.6. The molecule has 0 aliphatic carbocycles. The van der Waals surface area contributed by atoms with Gasteiger partial charge in [0.05, 0.1) is 22.4 Å². The first kappa shape index (κ1) is 33.9. The Labute approximate surface area is 269 Å². The minimum Gasteiger partial charge on any atom is -0.399 e. The molecule has 0 aromatic heterocycles. The SMILES string of the molecule is CC1(C)OB(c2cccc(I)c2)OC1(C)C.CN1CCC(C#Cc2cccc(B3OC(C)(C)C(C)(C)O3)c2)(C(F)F)C1=O. The van der Waals surface area contributed by atoms with Gasteiger partial charge in [0, 0.05) is 22.7 Å². The van der Waals surface area contributed by atoms with Crippen molar-refractivity contribution in [2.24, 2.45) is 5.41 Å². The van der Waals surface area contributed by atoms with E-state index in [0.717, 1.165) is 10.9 Å². The zero-order valence-corrected chi connectivity index (χ0v) is 28.5. The Morgan fingerprint density at radius 2 is 1.28 bits per heavy atom. The predicted octanol–water partition coefficient (Wildman–Crippen LogP) is 5.04. The third kappa shape index (κ3) is 6.84. The fourth-order valence-corrected chi connectivity index (χ4v) is 5.39. The van der Waals surface area contributed by atoms with Crippen LogP contribution < -0.4 is 10.9 Å². The summed E-state index contributed by atoms with van der Waals surface area (Å²) in [4.78, 5) is 13.5. The standard InChI is InChI=1S/C20H24BF2NO3.C12H16BIO2/c1-18(2)19(3,4)27-21(26-18)15-8-6-7-14(13-15)9-10-20(16(22)23)11-12-24(5)17(20)25;1-11(2)12(3,4)16-13(15-11)9-6-5-7-10(14)8-9/h6-8,13,16H,11-12H2,1-5H3;5-8H,1-4H3. The molecule has 3 heterocycles. The molecule has 230 valence electrons. The van der Waals surface area contributed by atoms with Gasteiger partial charge in [-0.2, -0.15) is 0 Å². The molecule has 5 rings (SSSR count). The molecule has 0 saturated carbocycles. The zero-order valence-electron chi connectivity index (χ0n) is 26.4. The predicted molar refractivity (Wildman–Crippen MR) is 175 cm³/mol. The molecule has 3 aliphatic rings. The largest absolute Gasteiger partial charge is 0.494 e. The van der Waals surface area contributed by atoms with Gasteiger partial charge in [0.1, 0.15) is 0 Å². The number of alkyl halides is 2. The van der Waals surface area contributed by atoms with E-state index in [1.165, 1.54) is 15.5 Å². The van der Waals surface area contributed by atoms with Gasteiger partial charge in [-0.25, -0.2) is 8.78 Å². The Bertz CT molecular complexity index is 1390. The number of likely N-dealkylation sites (tertiary alicyclic amines) is 1. The molecular formula is C32H40B2F2INO5. The van der Waals surface area contributed by atoms with Crippen LogP contribution >= 0.6 is 22.6 Å². The summed E-state index contributed by atoms with van der Waals surface area (Å²) >= 11 is 2.30. The summed E-state index contributed by atoms with van der Waals surface area (Å²) < 4.78 is 52.5. The number of hydrogen-bond acceptors (Lipinski definition) is 5. The third-order valence-corrected chi connectivity index (χ3v) is 9.83. The molecule has 11 heteroatoms. The average Bonchev–Trinajstić information content (AvgIpc) is 3.42. The van der Waals surface area contributed by atoms with Crippen LogP contribution in [-0.2, 0) is 23.4 Å². The lowest BCUT2D eigenvalue weighted by atomic mass is 9.78. The Morgan fingerprint density at radius 3 is 1.70 bits per heavy atom. The maximum Gasteiger partial charge on any atom is 0.494 e. The highest BCUT2D eigenvalue weighted by atomic mass is 127. The highest BCUT2D eigenvalue weighted by Crippen LogP contribution is 2.38. The fourth-order valence-electron chi connectivity index (χ4n) is 4.82. The van der Waals surface area contributed by atoms with Gasteiger partial charge in [-0.05, 0) is 120 Å². The number of hydrogen-bond donors (Lipinski definition) is 0. The molecule has 3 fully saturated rings. The van der Waals surface area contributed by atoms with E-state index in [1.54, 1.807) is 18.2 Å². The van der Waals surface area contributed by atoms with Crippen molar-refractivity contribution < 1.29 is 32.2 Å². The number of rotatable bonds is 3. The van der Waals surface area contributed by atoms with Crippen LogP contribution in [0.15, 0.2) is 48.5 Å². The molecule has 1 unspecified atom stereocenters. The van der Waals surface area contributed by atoms with Crippen LogP contribution in [0.3, 0.4) is 0 Å². The summed E-state index contributed by atoms with van der Waals surface area (Å²) in [5.74, 6) is 4.73. The Morgan fingerprint density at radius 1 is 0.814 bits per heavy atom. The Hall–Kier alpha value is -1.97. The van der Waals surface area contributed by atoms with Gasteiger partial charge in [-0.3, -0.25) is 4.79 Å². The molecule has 6 nitrogen and oxygen atoms in total. The van der Waals surface area contributed by atoms with Crippen LogP contribution in [0.2, 0.25) is 0 Å². The monoisotopic (exact) mass is 705 g/mol. The van der Waals surface area contributed by atoms with Crippen LogP contribution in [0.1, 0.15) is 67.4 Å². The van der Waals surface area contributed by atoms with Crippen molar-refractivity contribution in [3.63, 3.8) is 0 Å². The number of carbonyl (C=O) groups excluding carboxylic acids is 1. The molecule has 1 atom stereocenters. The van der Waals surface area contributed by atoms with Crippen LogP contribution in [0.5, 0.6) is 0 Å². The van der Waals surface area contributed by atoms with Crippen molar-refractivity contribution in [3.05, 3.63) is 57.7 Å². The molecule has 3 saturated heterocycles. The van der Waals surface area contributed by atoms with Crippen LogP contribution in [0.25, 0.3) is 0 Å². The number of amides is 1. The van der Waals surface area contributed by atoms with Crippen LogP contribution in [0.4, 0.5) is 8.78 Å². The van der Waals surface area contributed by atoms with Gasteiger partial charge < -0.3 is 23.5 Å². The molecular weight excluding hydrogens is 665 g/mol. The van der Waals surface area contributed by atoms with E-state index in [1.807, 2.05) is 45.9 Å². The fraction of sp³-hybridized carbons (Fsp3) is 0.531. The first-order chi connectivity index (χ1) is 19.8. The van der Waals surface area contributed by atoms with E-state index in [4.69, 9.17) is 18.6 Å². The zero-order chi connectivity index (χ0) is 32.0. The lowest BCUT2D eigenvalue weighted by molar-refractivity contribution is -0.138. The minimum atomic E-state index is -2.83. The van der Waals surface area contributed by atoms with Crippen LogP contribution in [-0.4, -0.2) is 67.5 Å². The molecule has 2 aromatic carbocycles. The molecule has 1 amide bonds. The number of benzene rings is 2. The Balaban J connectivity index is 0.000000225. The summed E-state index contributed by atoms with van der Waals surface area (Å²) in [7, 11) is 0.715. The van der Waals surface area contributed by atoms with Crippen molar-refractivity contribution in [2.45, 2.75) is 90.6 Å². The van der Waals surface area contributed by atoms with Crippen molar-refractivity contribution >= 4 is 53.7 Å². The van der Waals surface area contributed by atoms with E-state index in [9.17, 15) is 13.6 Å². The van der Waals surface area contributed by atoms with Gasteiger partial charge in [0.25, 0.3) is 6.43 Å². The minimum absolute atomic E-state index is 0.0317. The summed E-state index contributed by atoms with van der Waals surface area (Å²) in [6.45, 7) is 16.4. The highest BCUT2D eigenvalue weighted by Gasteiger charge is 2.53. The lowest BCUT2D eigenvalue weighted by Gasteiger charge is -2.32. The van der Waals surface area contributed by atoms with E-state index >= 15 is 0 Å². The molecule has 0 bridgehead atoms. The topological polar surface area (TPSA) is 57.2 Å². The van der Waals surface area contributed by atoms with Gasteiger partial charge in [0.2, 0.25) is 5.91 Å². The first-order valence-corrected chi connectivity index (χ1v) is 15.5. The van der Waals surface area contributed by atoms with E-state index in [0.29, 0.717) is 5.56 Å². The highest BCUT2D eigenvalue weighted by molar-refractivity contribution is 14.1. The van der Waals surface area contributed by atoms with Crippen molar-refractivity contribution in [1.82, 2.24) is 4.90 Å². The normalized spacial score (nSPS) is 25.0. The second-order valence-electron chi connectivity index (χ2n) is 13.4. The quantitative estimate of drug-likeness (QED) is 0.255. The molecule has 0 N–H and O–H groups in total. The summed E-state index contributed by atoms with van der Waals surface area (Å²) in [6.07, 6.45) is -2.79. The molecule has 2 aromatic rings. The third-order valence-electron chi connectivity index (χ3n) is 9.16. The maximum atomic E-state index is 13.6. The van der Waals surface area contributed by atoms with Crippen molar-refractivity contribution in [3.8, 4) is 11.8 Å². The van der Waals surface area contributed by atoms with Gasteiger partial charge in [0.15, 0.2) is 5.41 Å². The number of carbonyl (C=O) groups is 1. The van der Waals surface area contributed by atoms with Crippen molar-refractivity contribution in [1.29, 1.82) is 0 Å². The van der Waals surface area contributed by atoms with Gasteiger partial charge in [-0.1, -0.05) is 36.1 Å². The first-order valence-electron chi connectivity index (χ1n) is 14.4. The van der Waals surface area contributed by atoms with Crippen LogP contribution in [0, 0.1) is 20.8 Å². The molecule has 0 spiro atoms. The summed E-state index contributed by atoms with van der Waals surface area (Å²) in [5.41, 5.74) is -0.996. The average molecular weight is 705 g/mol. The van der Waals surface area contributed by atoms with E-state index in [2.05, 4.69) is 74.3 Å². The molecule has 0 radical (unpaired) electrons. The molecule has 43 heavy (non-hydrogen) atoms. The number of halogens is 3. The summed E-state index contributed by atoms with van der Waals surface area (Å²) in [5, 5.41) is 0. The smallest absolute Gasteiger partial charge is 0.399 e. The van der Waals surface area contributed by atoms with Crippen molar-refractivity contribution in [2.75, 3.05) is 13.6 Å². The van der Waals surface area contributed by atoms with Gasteiger partial charge in [-0.15, -0.1) is 0 Å².